The molecule has 1 aromatic heterocycles. The molecule has 0 aliphatic carbocycles. The predicted molar refractivity (Wildman–Crippen MR) is 144 cm³/mol. The Labute approximate surface area is 219 Å². The van der Waals surface area contributed by atoms with Gasteiger partial charge in [0, 0.05) is 43.7 Å². The minimum absolute atomic E-state index is 0.291. The molecule has 0 spiro atoms. The number of aromatic nitrogens is 2. The van der Waals surface area contributed by atoms with Crippen molar-refractivity contribution in [2.24, 2.45) is 0 Å². The minimum Gasteiger partial charge on any atom is -0.382 e. The van der Waals surface area contributed by atoms with Gasteiger partial charge in [-0.1, -0.05) is 0 Å². The van der Waals surface area contributed by atoms with Crippen LogP contribution in [0.3, 0.4) is 0 Å². The Bertz CT molecular complexity index is 1480. The molecule has 0 saturated heterocycles. The van der Waals surface area contributed by atoms with Crippen molar-refractivity contribution in [1.82, 2.24) is 9.55 Å². The lowest BCUT2D eigenvalue weighted by molar-refractivity contribution is 0.0993. The van der Waals surface area contributed by atoms with Crippen LogP contribution in [0.1, 0.15) is 29.3 Å². The number of imidazole rings is 1. The molecule has 0 fully saturated rings. The van der Waals surface area contributed by atoms with E-state index in [1.807, 2.05) is 23.6 Å². The number of hydrogen-bond donors (Lipinski definition) is 2. The zero-order chi connectivity index (χ0) is 27.1. The third-order valence-electron chi connectivity index (χ3n) is 5.89. The van der Waals surface area contributed by atoms with E-state index >= 15 is 0 Å². The van der Waals surface area contributed by atoms with Crippen molar-refractivity contribution in [3.63, 3.8) is 0 Å². The Hall–Kier alpha value is -4.75. The number of aryl methyl sites for hydroxylation is 1. The molecule has 4 aromatic rings. The van der Waals surface area contributed by atoms with Crippen LogP contribution >= 0.6 is 0 Å². The second-order valence-electron chi connectivity index (χ2n) is 8.45. The lowest BCUT2D eigenvalue weighted by Crippen LogP contribution is -2.26. The monoisotopic (exact) mass is 514 g/mol. The third-order valence-corrected chi connectivity index (χ3v) is 5.89. The van der Waals surface area contributed by atoms with Crippen molar-refractivity contribution in [3.05, 3.63) is 83.7 Å². The van der Waals surface area contributed by atoms with Crippen LogP contribution in [0.25, 0.3) is 11.0 Å². The molecule has 194 valence electrons. The molecule has 0 radical (unpaired) electrons. The highest BCUT2D eigenvalue weighted by Crippen LogP contribution is 2.26. The Kier molecular flexibility index (Phi) is 8.30. The second-order valence-corrected chi connectivity index (χ2v) is 8.45. The summed E-state index contributed by atoms with van der Waals surface area (Å²) in [5, 5.41) is 14.5. The highest BCUT2D eigenvalue weighted by Gasteiger charge is 2.18. The number of halogens is 1. The summed E-state index contributed by atoms with van der Waals surface area (Å²) in [6.07, 6.45) is 0.704. The average molecular weight is 515 g/mol. The van der Waals surface area contributed by atoms with E-state index in [4.69, 9.17) is 10.00 Å². The van der Waals surface area contributed by atoms with E-state index in [2.05, 4.69) is 15.6 Å². The number of carbonyl (C=O) groups is 2. The maximum Gasteiger partial charge on any atom is 0.326 e. The van der Waals surface area contributed by atoms with Gasteiger partial charge in [0.05, 0.1) is 22.7 Å². The summed E-state index contributed by atoms with van der Waals surface area (Å²) in [6.45, 7) is 3.64. The summed E-state index contributed by atoms with van der Waals surface area (Å²) in [7, 11) is 1.64. The number of amides is 3. The van der Waals surface area contributed by atoms with Gasteiger partial charge in [-0.05, 0) is 80.1 Å². The van der Waals surface area contributed by atoms with Crippen LogP contribution in [0, 0.1) is 17.1 Å². The Morgan fingerprint density at radius 3 is 2.50 bits per heavy atom. The number of rotatable bonds is 9. The maximum atomic E-state index is 13.3. The zero-order valence-corrected chi connectivity index (χ0v) is 21.1. The van der Waals surface area contributed by atoms with E-state index in [1.54, 1.807) is 43.4 Å². The van der Waals surface area contributed by atoms with Gasteiger partial charge in [-0.15, -0.1) is 0 Å². The number of urea groups is 1. The molecule has 38 heavy (non-hydrogen) atoms. The van der Waals surface area contributed by atoms with Gasteiger partial charge in [0.1, 0.15) is 5.82 Å². The quantitative estimate of drug-likeness (QED) is 0.291. The molecule has 0 unspecified atom stereocenters. The number of nitrogens with one attached hydrogen (secondary N) is 2. The van der Waals surface area contributed by atoms with E-state index in [-0.39, 0.29) is 5.91 Å². The number of fused-ring (bicyclic) bond motifs is 1. The van der Waals surface area contributed by atoms with E-state index in [1.165, 1.54) is 29.2 Å². The molecule has 1 heterocycles. The van der Waals surface area contributed by atoms with Gasteiger partial charge in [-0.2, -0.15) is 5.26 Å². The third kappa shape index (κ3) is 6.14. The van der Waals surface area contributed by atoms with E-state index in [0.717, 1.165) is 5.52 Å². The average Bonchev–Trinajstić information content (AvgIpc) is 3.26. The van der Waals surface area contributed by atoms with Crippen LogP contribution in [-0.4, -0.2) is 41.8 Å². The number of nitrogens with zero attached hydrogens (tertiary/aromatic N) is 4. The van der Waals surface area contributed by atoms with Crippen LogP contribution in [0.15, 0.2) is 66.7 Å². The fraction of sp³-hybridized carbons (Fsp3) is 0.214. The van der Waals surface area contributed by atoms with Crippen molar-refractivity contribution in [2.45, 2.75) is 19.9 Å². The summed E-state index contributed by atoms with van der Waals surface area (Å²) >= 11 is 0. The Morgan fingerprint density at radius 1 is 1.08 bits per heavy atom. The first-order valence-electron chi connectivity index (χ1n) is 12.1. The number of anilines is 3. The van der Waals surface area contributed by atoms with Gasteiger partial charge >= 0.3 is 6.03 Å². The first-order valence-corrected chi connectivity index (χ1v) is 12.1. The van der Waals surface area contributed by atoms with Gasteiger partial charge < -0.3 is 19.5 Å². The molecule has 9 nitrogen and oxygen atoms in total. The van der Waals surface area contributed by atoms with Crippen LogP contribution in [0.2, 0.25) is 0 Å². The summed E-state index contributed by atoms with van der Waals surface area (Å²) in [4.78, 5) is 31.7. The first kappa shape index (κ1) is 26.3. The predicted octanol–water partition coefficient (Wildman–Crippen LogP) is 5.39. The van der Waals surface area contributed by atoms with Crippen molar-refractivity contribution in [2.75, 3.05) is 35.8 Å². The molecular formula is C28H27FN6O3. The van der Waals surface area contributed by atoms with Gasteiger partial charge in [0.25, 0.3) is 5.91 Å². The molecule has 0 aliphatic heterocycles. The molecule has 0 bridgehead atoms. The standard InChI is InChI=1S/C28H27FN6O3/c1-3-38-16-4-15-35-25-14-13-23(34(2)26(36)20-7-9-21(29)10-8-20)17-24(25)32-27(35)33-28(37)31-22-11-5-19(18-30)6-12-22/h5-14,17H,3-4,15-16H2,1-2H3,(H2,31,32,33,37). The number of ether oxygens (including phenoxy) is 1. The van der Waals surface area contributed by atoms with Crippen molar-refractivity contribution < 1.29 is 18.7 Å². The number of hydrogen-bond acceptors (Lipinski definition) is 5. The topological polar surface area (TPSA) is 112 Å². The fourth-order valence-corrected chi connectivity index (χ4v) is 3.91. The first-order chi connectivity index (χ1) is 18.4. The normalized spacial score (nSPS) is 10.7. The molecule has 0 saturated carbocycles. The number of benzene rings is 3. The van der Waals surface area contributed by atoms with E-state index in [9.17, 15) is 14.0 Å². The van der Waals surface area contributed by atoms with Gasteiger partial charge in [-0.3, -0.25) is 10.1 Å². The van der Waals surface area contributed by atoms with Crippen molar-refractivity contribution in [1.29, 1.82) is 5.26 Å². The van der Waals surface area contributed by atoms with Gasteiger partial charge in [0.2, 0.25) is 5.95 Å². The maximum absolute atomic E-state index is 13.3. The SMILES string of the molecule is CCOCCCn1c(NC(=O)Nc2ccc(C#N)cc2)nc2cc(N(C)C(=O)c3ccc(F)cc3)ccc21. The van der Waals surface area contributed by atoms with Crippen LogP contribution in [0.5, 0.6) is 0 Å². The van der Waals surface area contributed by atoms with Gasteiger partial charge in [0.15, 0.2) is 0 Å². The lowest BCUT2D eigenvalue weighted by Gasteiger charge is -2.17. The summed E-state index contributed by atoms with van der Waals surface area (Å²) in [6, 6.07) is 18.8. The summed E-state index contributed by atoms with van der Waals surface area (Å²) in [5.74, 6) is -0.364. The molecular weight excluding hydrogens is 487 g/mol. The number of carbonyl (C=O) groups excluding carboxylic acids is 2. The largest absolute Gasteiger partial charge is 0.382 e. The molecule has 2 N–H and O–H groups in total. The molecule has 4 rings (SSSR count). The lowest BCUT2D eigenvalue weighted by atomic mass is 10.2. The Morgan fingerprint density at radius 2 is 1.82 bits per heavy atom. The van der Waals surface area contributed by atoms with Crippen LogP contribution < -0.4 is 15.5 Å². The van der Waals surface area contributed by atoms with Gasteiger partial charge in [-0.25, -0.2) is 14.2 Å². The number of nitriles is 1. The molecule has 3 aromatic carbocycles. The smallest absolute Gasteiger partial charge is 0.326 e. The summed E-state index contributed by atoms with van der Waals surface area (Å²) < 4.78 is 20.6. The molecule has 0 aliphatic rings. The van der Waals surface area contributed by atoms with Crippen LogP contribution in [0.4, 0.5) is 26.5 Å². The molecule has 10 heteroatoms. The van der Waals surface area contributed by atoms with E-state index in [0.29, 0.717) is 60.1 Å². The zero-order valence-electron chi connectivity index (χ0n) is 21.1. The van der Waals surface area contributed by atoms with Crippen molar-refractivity contribution in [3.8, 4) is 6.07 Å². The van der Waals surface area contributed by atoms with Crippen molar-refractivity contribution >= 4 is 40.3 Å². The summed E-state index contributed by atoms with van der Waals surface area (Å²) in [5.41, 5.74) is 3.35. The highest BCUT2D eigenvalue weighted by molar-refractivity contribution is 6.06. The minimum atomic E-state index is -0.486. The highest BCUT2D eigenvalue weighted by atomic mass is 19.1. The molecule has 3 amide bonds. The second kappa shape index (κ2) is 12.0. The van der Waals surface area contributed by atoms with Crippen LogP contribution in [-0.2, 0) is 11.3 Å². The fourth-order valence-electron chi connectivity index (χ4n) is 3.91. The molecule has 0 atom stereocenters. The van der Waals surface area contributed by atoms with E-state index < -0.39 is 11.8 Å². The Balaban J connectivity index is 1.58.